The van der Waals surface area contributed by atoms with Gasteiger partial charge in [-0.05, 0) is 36.2 Å². The number of rotatable bonds is 5. The molecule has 0 saturated carbocycles. The van der Waals surface area contributed by atoms with Crippen molar-refractivity contribution < 1.29 is 22.7 Å². The predicted molar refractivity (Wildman–Crippen MR) is 118 cm³/mol. The molecule has 1 unspecified atom stereocenters. The number of benzene rings is 2. The van der Waals surface area contributed by atoms with Crippen LogP contribution in [0.3, 0.4) is 0 Å². The third-order valence-electron chi connectivity index (χ3n) is 5.29. The first-order valence-corrected chi connectivity index (χ1v) is 10.1. The van der Waals surface area contributed by atoms with Crippen LogP contribution in [0.4, 0.5) is 23.7 Å². The minimum absolute atomic E-state index is 0.0939. The number of nitrogens with zero attached hydrogens (tertiary/aromatic N) is 5. The number of hydrogen-bond donors (Lipinski definition) is 1. The lowest BCUT2D eigenvalue weighted by Gasteiger charge is -2.36. The first-order chi connectivity index (χ1) is 15.8. The van der Waals surface area contributed by atoms with Gasteiger partial charge in [0.25, 0.3) is 0 Å². The molecule has 2 aliphatic heterocycles. The van der Waals surface area contributed by atoms with Gasteiger partial charge in [0, 0.05) is 26.4 Å². The fourth-order valence-electron chi connectivity index (χ4n) is 3.53. The van der Waals surface area contributed by atoms with E-state index < -0.39 is 29.5 Å². The van der Waals surface area contributed by atoms with Crippen LogP contribution in [0.2, 0.25) is 0 Å². The summed E-state index contributed by atoms with van der Waals surface area (Å²) < 4.78 is 47.0. The minimum atomic E-state index is -1.54. The lowest BCUT2D eigenvalue weighted by molar-refractivity contribution is 0.222. The van der Waals surface area contributed by atoms with Gasteiger partial charge in [0.05, 0.1) is 18.3 Å². The summed E-state index contributed by atoms with van der Waals surface area (Å²) in [5, 5.41) is 2.68. The maximum atomic E-state index is 13.9. The van der Waals surface area contributed by atoms with E-state index >= 15 is 0 Å². The molecule has 2 aromatic rings. The lowest BCUT2D eigenvalue weighted by atomic mass is 10.1. The molecule has 11 heteroatoms. The van der Waals surface area contributed by atoms with E-state index in [2.05, 4.69) is 20.3 Å². The van der Waals surface area contributed by atoms with E-state index in [1.807, 2.05) is 13.0 Å². The first-order valence-electron chi connectivity index (χ1n) is 10.1. The molecule has 1 saturated heterocycles. The number of carbonyl (C=O) groups excluding carboxylic acids is 1. The number of nitrogens with one attached hydrogen (secondary N) is 1. The van der Waals surface area contributed by atoms with Crippen LogP contribution in [0.5, 0.6) is 5.75 Å². The van der Waals surface area contributed by atoms with Crippen molar-refractivity contribution in [3.63, 3.8) is 0 Å². The average Bonchev–Trinajstić information content (AvgIpc) is 3.23. The van der Waals surface area contributed by atoms with Crippen LogP contribution in [0.25, 0.3) is 0 Å². The maximum Gasteiger partial charge on any atom is 0.330 e. The van der Waals surface area contributed by atoms with E-state index in [0.717, 1.165) is 17.7 Å². The van der Waals surface area contributed by atoms with Gasteiger partial charge in [-0.3, -0.25) is 20.1 Å². The third kappa shape index (κ3) is 4.26. The zero-order valence-electron chi connectivity index (χ0n) is 18.1. The highest BCUT2D eigenvalue weighted by molar-refractivity contribution is 6.16. The maximum absolute atomic E-state index is 13.9. The molecule has 0 bridgehead atoms. The minimum Gasteiger partial charge on any atom is -0.488 e. The predicted octanol–water partition coefficient (Wildman–Crippen LogP) is 3.55. The van der Waals surface area contributed by atoms with Crippen LogP contribution in [-0.4, -0.2) is 61.2 Å². The molecule has 1 atom stereocenters. The number of carbonyl (C=O) groups is 1. The van der Waals surface area contributed by atoms with Crippen LogP contribution in [0.1, 0.15) is 17.2 Å². The lowest BCUT2D eigenvalue weighted by Crippen LogP contribution is -2.61. The Morgan fingerprint density at radius 3 is 2.67 bits per heavy atom. The fraction of sp³-hybridized carbons (Fsp3) is 0.273. The molecular formula is C22H21F3N6O2. The van der Waals surface area contributed by atoms with E-state index in [0.29, 0.717) is 11.4 Å². The van der Waals surface area contributed by atoms with E-state index in [9.17, 15) is 18.0 Å². The normalized spacial score (nSPS) is 19.2. The summed E-state index contributed by atoms with van der Waals surface area (Å²) in [7, 11) is 3.16. The van der Waals surface area contributed by atoms with Gasteiger partial charge in [0.1, 0.15) is 12.4 Å². The van der Waals surface area contributed by atoms with Gasteiger partial charge in [-0.25, -0.2) is 28.0 Å². The summed E-state index contributed by atoms with van der Waals surface area (Å²) >= 11 is 0. The topological polar surface area (TPSA) is 81.9 Å². The Morgan fingerprint density at radius 2 is 1.97 bits per heavy atom. The summed E-state index contributed by atoms with van der Waals surface area (Å²) in [5.41, 5.74) is 1.48. The quantitative estimate of drug-likeness (QED) is 0.550. The highest BCUT2D eigenvalue weighted by Crippen LogP contribution is 2.33. The Bertz CT molecular complexity index is 1170. The number of ether oxygens (including phenoxy) is 1. The van der Waals surface area contributed by atoms with Gasteiger partial charge < -0.3 is 4.74 Å². The monoisotopic (exact) mass is 458 g/mol. The first kappa shape index (κ1) is 22.3. The summed E-state index contributed by atoms with van der Waals surface area (Å²) in [6.07, 6.45) is 1.61. The number of urea groups is 1. The summed E-state index contributed by atoms with van der Waals surface area (Å²) in [6.45, 7) is 2.22. The van der Waals surface area contributed by atoms with E-state index in [1.165, 1.54) is 11.9 Å². The van der Waals surface area contributed by atoms with Crippen molar-refractivity contribution in [2.75, 3.05) is 27.2 Å². The average molecular weight is 458 g/mol. The van der Waals surface area contributed by atoms with E-state index in [1.54, 1.807) is 30.3 Å². The molecular weight excluding hydrogens is 437 g/mol. The van der Waals surface area contributed by atoms with Crippen molar-refractivity contribution in [3.8, 4) is 5.75 Å². The second kappa shape index (κ2) is 8.93. The number of hydrogen-bond acceptors (Lipinski definition) is 5. The molecule has 2 aliphatic rings. The number of aliphatic imine (C=N–C) groups is 3. The Balaban J connectivity index is 1.74. The van der Waals surface area contributed by atoms with Gasteiger partial charge in [-0.1, -0.05) is 6.07 Å². The largest absolute Gasteiger partial charge is 0.488 e. The molecule has 1 N–H and O–H groups in total. The van der Waals surface area contributed by atoms with Gasteiger partial charge in [0.15, 0.2) is 17.5 Å². The Hall–Kier alpha value is -3.89. The molecule has 8 nitrogen and oxygen atoms in total. The SMILES string of the molecule is CN=CCOc1ccc(C)c(N=C2NC(=O)N(C)C3=NCC(c4cc(F)c(F)c(F)c4)N23)c1. The summed E-state index contributed by atoms with van der Waals surface area (Å²) in [6, 6.07) is 5.98. The molecule has 2 heterocycles. The Morgan fingerprint density at radius 1 is 1.24 bits per heavy atom. The second-order valence-electron chi connectivity index (χ2n) is 7.45. The molecule has 0 aromatic heterocycles. The summed E-state index contributed by atoms with van der Waals surface area (Å²) in [4.78, 5) is 28.1. The standard InChI is InChI=1S/C22H21F3N6O2/c1-12-4-5-14(33-7-6-26-2)10-17(12)28-20-29-22(32)30(3)21-27-11-18(31(20)21)13-8-15(23)19(25)16(24)9-13/h4-6,8-10,18H,7,11H2,1-3H3,(H,28,29,32). The van der Waals surface area contributed by atoms with Crippen molar-refractivity contribution >= 4 is 29.9 Å². The molecule has 0 aliphatic carbocycles. The van der Waals surface area contributed by atoms with Crippen LogP contribution in [-0.2, 0) is 0 Å². The molecule has 0 radical (unpaired) electrons. The highest BCUT2D eigenvalue weighted by Gasteiger charge is 2.41. The molecule has 2 aromatic carbocycles. The number of aryl methyl sites for hydroxylation is 1. The van der Waals surface area contributed by atoms with E-state index in [-0.39, 0.29) is 30.6 Å². The molecule has 4 rings (SSSR count). The molecule has 1 fully saturated rings. The number of guanidine groups is 2. The van der Waals surface area contributed by atoms with Crippen LogP contribution in [0, 0.1) is 24.4 Å². The van der Waals surface area contributed by atoms with Crippen molar-refractivity contribution in [1.29, 1.82) is 0 Å². The summed E-state index contributed by atoms with van der Waals surface area (Å²) in [5.74, 6) is -3.22. The van der Waals surface area contributed by atoms with Crippen molar-refractivity contribution in [2.24, 2.45) is 15.0 Å². The number of amides is 2. The van der Waals surface area contributed by atoms with E-state index in [4.69, 9.17) is 4.74 Å². The molecule has 33 heavy (non-hydrogen) atoms. The van der Waals surface area contributed by atoms with Crippen LogP contribution < -0.4 is 10.1 Å². The molecule has 172 valence electrons. The van der Waals surface area contributed by atoms with Crippen molar-refractivity contribution in [2.45, 2.75) is 13.0 Å². The smallest absolute Gasteiger partial charge is 0.330 e. The zero-order chi connectivity index (χ0) is 23.7. The van der Waals surface area contributed by atoms with Gasteiger partial charge in [-0.2, -0.15) is 0 Å². The number of fused-ring (bicyclic) bond motifs is 1. The fourth-order valence-corrected chi connectivity index (χ4v) is 3.53. The van der Waals surface area contributed by atoms with Gasteiger partial charge in [-0.15, -0.1) is 0 Å². The Kier molecular flexibility index (Phi) is 6.03. The van der Waals surface area contributed by atoms with Gasteiger partial charge >= 0.3 is 6.03 Å². The van der Waals surface area contributed by atoms with Gasteiger partial charge in [0.2, 0.25) is 11.9 Å². The number of halogens is 3. The van der Waals surface area contributed by atoms with Crippen LogP contribution in [0.15, 0.2) is 45.3 Å². The Labute approximate surface area is 188 Å². The van der Waals surface area contributed by atoms with Crippen molar-refractivity contribution in [3.05, 3.63) is 58.9 Å². The highest BCUT2D eigenvalue weighted by atomic mass is 19.2. The zero-order valence-corrected chi connectivity index (χ0v) is 18.1. The second-order valence-corrected chi connectivity index (χ2v) is 7.45. The van der Waals surface area contributed by atoms with Crippen molar-refractivity contribution in [1.82, 2.24) is 15.1 Å². The third-order valence-corrected chi connectivity index (χ3v) is 5.29. The van der Waals surface area contributed by atoms with Crippen LogP contribution >= 0.6 is 0 Å². The molecule has 0 spiro atoms. The molecule has 2 amide bonds.